The Kier molecular flexibility index (Phi) is 14.2. The monoisotopic (exact) mass is 631 g/mol. The van der Waals surface area contributed by atoms with Crippen molar-refractivity contribution in [2.45, 2.75) is 119 Å². The van der Waals surface area contributed by atoms with E-state index in [1.54, 1.807) is 12.1 Å². The summed E-state index contributed by atoms with van der Waals surface area (Å²) in [5.41, 5.74) is 2.22. The predicted octanol–water partition coefficient (Wildman–Crippen LogP) is 10.3. The highest BCUT2D eigenvalue weighted by molar-refractivity contribution is 5.73. The molecule has 3 aromatic carbocycles. The maximum Gasteiger partial charge on any atom is 0.309 e. The van der Waals surface area contributed by atoms with Gasteiger partial charge in [-0.05, 0) is 95.0 Å². The molecule has 252 valence electrons. The molecule has 0 N–H and O–H groups in total. The molecule has 0 bridgehead atoms. The Balaban J connectivity index is 0.00000736. The normalized spacial score (nSPS) is 14.6. The zero-order valence-electron chi connectivity index (χ0n) is 28.9. The summed E-state index contributed by atoms with van der Waals surface area (Å²) in [6, 6.07) is 28.0. The standard InChI is InChI=1S/C39H53NO5.CH4/c1-27(2)36(32-19-15-12-16-20-32)40(38(5,6)7)45-35(31-21-23-34(24-22-31)43-29(4)41)26-33(37(42)44-39(8,9)10)25-28(3)30-17-13-11-14-18-30;/h11-24,27-28,33,35-36H,25-26H2,1-10H3;1H4. The number of carbonyl (C=O) groups is 2. The number of hydroxylamine groups is 2. The van der Waals surface area contributed by atoms with Crippen molar-refractivity contribution in [2.75, 3.05) is 0 Å². The summed E-state index contributed by atoms with van der Waals surface area (Å²) in [5, 5.41) is 2.10. The molecule has 0 fully saturated rings. The van der Waals surface area contributed by atoms with Crippen LogP contribution in [0.5, 0.6) is 5.75 Å². The van der Waals surface area contributed by atoms with Gasteiger partial charge in [-0.1, -0.05) is 101 Å². The minimum Gasteiger partial charge on any atom is -0.460 e. The molecule has 0 aromatic heterocycles. The van der Waals surface area contributed by atoms with Crippen LogP contribution in [0.2, 0.25) is 0 Å². The van der Waals surface area contributed by atoms with Gasteiger partial charge < -0.3 is 9.47 Å². The fourth-order valence-corrected chi connectivity index (χ4v) is 5.65. The molecule has 3 aromatic rings. The molecular formula is C40H57NO5. The SMILES string of the molecule is C.CC(=O)Oc1ccc(C(CC(CC(C)c2ccccc2)C(=O)OC(C)(C)C)ON(C(c2ccccc2)C(C)C)C(C)(C)C)cc1. The second kappa shape index (κ2) is 16.9. The number of rotatable bonds is 13. The van der Waals surface area contributed by atoms with Gasteiger partial charge in [0.15, 0.2) is 0 Å². The summed E-state index contributed by atoms with van der Waals surface area (Å²) in [6.45, 7) is 20.1. The van der Waals surface area contributed by atoms with Gasteiger partial charge in [0.25, 0.3) is 0 Å². The Hall–Kier alpha value is -3.48. The first-order valence-corrected chi connectivity index (χ1v) is 16.1. The molecule has 0 heterocycles. The molecule has 0 spiro atoms. The zero-order chi connectivity index (χ0) is 33.4. The van der Waals surface area contributed by atoms with Crippen LogP contribution in [0.3, 0.4) is 0 Å². The van der Waals surface area contributed by atoms with Crippen molar-refractivity contribution in [1.29, 1.82) is 0 Å². The summed E-state index contributed by atoms with van der Waals surface area (Å²) >= 11 is 0. The van der Waals surface area contributed by atoms with Gasteiger partial charge in [0.05, 0.1) is 12.0 Å². The van der Waals surface area contributed by atoms with Gasteiger partial charge in [-0.2, -0.15) is 5.06 Å². The van der Waals surface area contributed by atoms with Crippen LogP contribution in [-0.2, 0) is 19.2 Å². The molecule has 4 unspecified atom stereocenters. The van der Waals surface area contributed by atoms with Crippen molar-refractivity contribution < 1.29 is 23.9 Å². The van der Waals surface area contributed by atoms with Crippen molar-refractivity contribution >= 4 is 11.9 Å². The lowest BCUT2D eigenvalue weighted by molar-refractivity contribution is -0.279. The summed E-state index contributed by atoms with van der Waals surface area (Å²) in [4.78, 5) is 32.6. The summed E-state index contributed by atoms with van der Waals surface area (Å²) in [5.74, 6) is -0.226. The van der Waals surface area contributed by atoms with Crippen LogP contribution in [-0.4, -0.2) is 28.1 Å². The minimum atomic E-state index is -0.624. The first-order valence-electron chi connectivity index (χ1n) is 16.1. The molecule has 0 aliphatic carbocycles. The Labute approximate surface area is 278 Å². The molecule has 0 saturated heterocycles. The lowest BCUT2D eigenvalue weighted by Crippen LogP contribution is -2.46. The molecule has 4 atom stereocenters. The van der Waals surface area contributed by atoms with Crippen molar-refractivity contribution in [3.63, 3.8) is 0 Å². The lowest BCUT2D eigenvalue weighted by Gasteiger charge is -2.44. The van der Waals surface area contributed by atoms with Gasteiger partial charge in [-0.25, -0.2) is 0 Å². The lowest BCUT2D eigenvalue weighted by atomic mass is 9.85. The van der Waals surface area contributed by atoms with Crippen LogP contribution in [0.1, 0.15) is 124 Å². The number of ether oxygens (including phenoxy) is 2. The largest absolute Gasteiger partial charge is 0.460 e. The van der Waals surface area contributed by atoms with Crippen LogP contribution >= 0.6 is 0 Å². The average Bonchev–Trinajstić information content (AvgIpc) is 2.95. The van der Waals surface area contributed by atoms with Gasteiger partial charge in [0, 0.05) is 12.5 Å². The molecule has 0 amide bonds. The van der Waals surface area contributed by atoms with E-state index in [4.69, 9.17) is 14.3 Å². The highest BCUT2D eigenvalue weighted by atomic mass is 16.7. The number of benzene rings is 3. The molecule has 3 rings (SSSR count). The molecule has 0 saturated carbocycles. The maximum absolute atomic E-state index is 13.9. The van der Waals surface area contributed by atoms with Crippen molar-refractivity contribution in [2.24, 2.45) is 11.8 Å². The zero-order valence-corrected chi connectivity index (χ0v) is 28.9. The molecule has 6 heteroatoms. The number of esters is 2. The van der Waals surface area contributed by atoms with Crippen molar-refractivity contribution in [3.05, 3.63) is 102 Å². The fraction of sp³-hybridized carbons (Fsp3) is 0.500. The maximum atomic E-state index is 13.9. The average molecular weight is 632 g/mol. The van der Waals surface area contributed by atoms with Crippen LogP contribution in [0.15, 0.2) is 84.9 Å². The summed E-state index contributed by atoms with van der Waals surface area (Å²) in [7, 11) is 0. The number of hydrogen-bond acceptors (Lipinski definition) is 6. The van der Waals surface area contributed by atoms with Crippen LogP contribution < -0.4 is 4.74 Å². The summed E-state index contributed by atoms with van der Waals surface area (Å²) < 4.78 is 11.3. The van der Waals surface area contributed by atoms with E-state index in [2.05, 4.69) is 83.0 Å². The van der Waals surface area contributed by atoms with E-state index in [1.807, 2.05) is 57.2 Å². The predicted molar refractivity (Wildman–Crippen MR) is 187 cm³/mol. The summed E-state index contributed by atoms with van der Waals surface area (Å²) in [6.07, 6.45) is 0.526. The Morgan fingerprint density at radius 1 is 0.717 bits per heavy atom. The Morgan fingerprint density at radius 3 is 1.70 bits per heavy atom. The topological polar surface area (TPSA) is 65.1 Å². The number of nitrogens with zero attached hydrogens (tertiary/aromatic N) is 1. The second-order valence-corrected chi connectivity index (χ2v) is 14.4. The highest BCUT2D eigenvalue weighted by Crippen LogP contribution is 2.40. The first-order chi connectivity index (χ1) is 21.0. The van der Waals surface area contributed by atoms with Crippen LogP contribution in [0, 0.1) is 11.8 Å². The van der Waals surface area contributed by atoms with E-state index < -0.39 is 17.6 Å². The first kappa shape index (κ1) is 38.7. The third-order valence-corrected chi connectivity index (χ3v) is 7.69. The number of carbonyl (C=O) groups excluding carboxylic acids is 2. The van der Waals surface area contributed by atoms with Gasteiger partial charge in [-0.15, -0.1) is 0 Å². The molecule has 0 radical (unpaired) electrons. The van der Waals surface area contributed by atoms with E-state index in [0.717, 1.165) is 11.1 Å². The van der Waals surface area contributed by atoms with Crippen molar-refractivity contribution in [1.82, 2.24) is 5.06 Å². The van der Waals surface area contributed by atoms with E-state index in [1.165, 1.54) is 12.5 Å². The molecule has 6 nitrogen and oxygen atoms in total. The van der Waals surface area contributed by atoms with Gasteiger partial charge >= 0.3 is 11.9 Å². The Morgan fingerprint density at radius 2 is 1.24 bits per heavy atom. The quantitative estimate of drug-likeness (QED) is 0.106. The molecule has 46 heavy (non-hydrogen) atoms. The van der Waals surface area contributed by atoms with Gasteiger partial charge in [0.1, 0.15) is 17.5 Å². The van der Waals surface area contributed by atoms with Crippen molar-refractivity contribution in [3.8, 4) is 5.75 Å². The molecular weight excluding hydrogens is 574 g/mol. The third-order valence-electron chi connectivity index (χ3n) is 7.69. The third kappa shape index (κ3) is 11.7. The van der Waals surface area contributed by atoms with E-state index in [9.17, 15) is 9.59 Å². The molecule has 0 aliphatic rings. The smallest absolute Gasteiger partial charge is 0.309 e. The van der Waals surface area contributed by atoms with E-state index in [0.29, 0.717) is 18.6 Å². The highest BCUT2D eigenvalue weighted by Gasteiger charge is 2.38. The van der Waals surface area contributed by atoms with Crippen LogP contribution in [0.25, 0.3) is 0 Å². The Bertz CT molecular complexity index is 1340. The minimum absolute atomic E-state index is 0. The van der Waals surface area contributed by atoms with Crippen LogP contribution in [0.4, 0.5) is 0 Å². The number of hydrogen-bond donors (Lipinski definition) is 0. The van der Waals surface area contributed by atoms with Gasteiger partial charge in [-0.3, -0.25) is 14.4 Å². The van der Waals surface area contributed by atoms with E-state index in [-0.39, 0.29) is 42.8 Å². The molecule has 0 aliphatic heterocycles. The fourth-order valence-electron chi connectivity index (χ4n) is 5.65. The second-order valence-electron chi connectivity index (χ2n) is 14.4. The van der Waals surface area contributed by atoms with Gasteiger partial charge in [0.2, 0.25) is 0 Å². The van der Waals surface area contributed by atoms with E-state index >= 15 is 0 Å².